The lowest BCUT2D eigenvalue weighted by molar-refractivity contribution is -0.137. The van der Waals surface area contributed by atoms with E-state index < -0.39 is 5.97 Å². The molecule has 0 saturated carbocycles. The molecule has 1 unspecified atom stereocenters. The van der Waals surface area contributed by atoms with Crippen molar-refractivity contribution in [1.82, 2.24) is 0 Å². The van der Waals surface area contributed by atoms with Crippen molar-refractivity contribution in [1.29, 1.82) is 5.41 Å². The number of rotatable bonds is 6. The van der Waals surface area contributed by atoms with Gasteiger partial charge in [0.1, 0.15) is 5.84 Å². The van der Waals surface area contributed by atoms with Crippen LogP contribution in [-0.2, 0) is 16.0 Å². The number of amidine groups is 1. The van der Waals surface area contributed by atoms with Crippen molar-refractivity contribution in [3.63, 3.8) is 0 Å². The van der Waals surface area contributed by atoms with Gasteiger partial charge in [0, 0.05) is 36.6 Å². The van der Waals surface area contributed by atoms with Gasteiger partial charge in [-0.3, -0.25) is 15.0 Å². The van der Waals surface area contributed by atoms with E-state index >= 15 is 0 Å². The van der Waals surface area contributed by atoms with E-state index in [1.165, 1.54) is 0 Å². The predicted molar refractivity (Wildman–Crippen MR) is 107 cm³/mol. The number of hydrogen-bond acceptors (Lipinski definition) is 3. The average molecular weight is 388 g/mol. The van der Waals surface area contributed by atoms with Crippen LogP contribution in [0.3, 0.4) is 0 Å². The van der Waals surface area contributed by atoms with Crippen LogP contribution in [0.1, 0.15) is 35.4 Å². The number of benzene rings is 2. The Hall–Kier alpha value is -2.86. The predicted octanol–water partition coefficient (Wildman–Crippen LogP) is 2.93. The number of aliphatic carboxylic acids is 1. The minimum Gasteiger partial charge on any atom is -0.481 e. The number of nitrogens with zero attached hydrogens (tertiary/aromatic N) is 1. The zero-order valence-corrected chi connectivity index (χ0v) is 15.5. The summed E-state index contributed by atoms with van der Waals surface area (Å²) in [6, 6.07) is 15.0. The molecule has 2 aromatic carbocycles. The lowest BCUT2D eigenvalue weighted by atomic mass is 9.96. The second-order valence-electron chi connectivity index (χ2n) is 6.50. The molecule has 6 nitrogen and oxygen atoms in total. The fourth-order valence-electron chi connectivity index (χ4n) is 3.21. The molecule has 1 amide bonds. The number of hydrogen-bond donors (Lipinski definition) is 3. The van der Waals surface area contributed by atoms with Gasteiger partial charge in [0.2, 0.25) is 5.91 Å². The van der Waals surface area contributed by atoms with Gasteiger partial charge in [0.05, 0.1) is 0 Å². The van der Waals surface area contributed by atoms with E-state index in [0.717, 1.165) is 16.8 Å². The number of carbonyl (C=O) groups excluding carboxylic acids is 1. The summed E-state index contributed by atoms with van der Waals surface area (Å²) in [5.41, 5.74) is 8.97. The van der Waals surface area contributed by atoms with E-state index in [1.807, 2.05) is 36.4 Å². The molecule has 0 spiro atoms. The van der Waals surface area contributed by atoms with Gasteiger partial charge in [0.25, 0.3) is 0 Å². The van der Waals surface area contributed by atoms with E-state index in [-0.39, 0.29) is 36.5 Å². The third-order valence-electron chi connectivity index (χ3n) is 4.69. The summed E-state index contributed by atoms with van der Waals surface area (Å²) in [7, 11) is 0. The molecule has 1 aliphatic heterocycles. The van der Waals surface area contributed by atoms with Crippen molar-refractivity contribution in [2.75, 3.05) is 11.4 Å². The monoisotopic (exact) mass is 387 g/mol. The molecule has 4 N–H and O–H groups in total. The Bertz CT molecular complexity index is 835. The summed E-state index contributed by atoms with van der Waals surface area (Å²) in [4.78, 5) is 24.8. The zero-order chi connectivity index (χ0) is 18.7. The summed E-state index contributed by atoms with van der Waals surface area (Å²) in [5, 5.41) is 16.2. The van der Waals surface area contributed by atoms with E-state index in [0.29, 0.717) is 24.9 Å². The van der Waals surface area contributed by atoms with Gasteiger partial charge in [-0.15, -0.1) is 12.4 Å². The second-order valence-corrected chi connectivity index (χ2v) is 6.50. The maximum Gasteiger partial charge on any atom is 0.303 e. The van der Waals surface area contributed by atoms with Gasteiger partial charge < -0.3 is 15.7 Å². The number of halogens is 1. The van der Waals surface area contributed by atoms with Crippen LogP contribution in [0.15, 0.2) is 48.5 Å². The van der Waals surface area contributed by atoms with Gasteiger partial charge in [-0.25, -0.2) is 0 Å². The summed E-state index contributed by atoms with van der Waals surface area (Å²) in [5.74, 6) is -0.615. The van der Waals surface area contributed by atoms with Crippen LogP contribution in [0.2, 0.25) is 0 Å². The highest BCUT2D eigenvalue weighted by atomic mass is 35.5. The number of carboxylic acid groups (broad SMARTS) is 1. The highest BCUT2D eigenvalue weighted by molar-refractivity contribution is 5.98. The Morgan fingerprint density at radius 2 is 1.78 bits per heavy atom. The van der Waals surface area contributed by atoms with Crippen LogP contribution in [-0.4, -0.2) is 29.4 Å². The van der Waals surface area contributed by atoms with Crippen molar-refractivity contribution >= 4 is 35.8 Å². The molecule has 7 heteroatoms. The summed E-state index contributed by atoms with van der Waals surface area (Å²) >= 11 is 0. The molecular weight excluding hydrogens is 366 g/mol. The molecule has 1 atom stereocenters. The van der Waals surface area contributed by atoms with Crippen molar-refractivity contribution in [2.45, 2.75) is 25.2 Å². The van der Waals surface area contributed by atoms with Crippen LogP contribution in [0.25, 0.3) is 0 Å². The lowest BCUT2D eigenvalue weighted by Crippen LogP contribution is -2.24. The Labute approximate surface area is 163 Å². The van der Waals surface area contributed by atoms with Crippen molar-refractivity contribution in [2.24, 2.45) is 5.73 Å². The Morgan fingerprint density at radius 3 is 2.33 bits per heavy atom. The largest absolute Gasteiger partial charge is 0.481 e. The third-order valence-corrected chi connectivity index (χ3v) is 4.69. The van der Waals surface area contributed by atoms with Crippen LogP contribution < -0.4 is 10.6 Å². The van der Waals surface area contributed by atoms with Gasteiger partial charge in [0.15, 0.2) is 0 Å². The van der Waals surface area contributed by atoms with Crippen LogP contribution in [0.5, 0.6) is 0 Å². The van der Waals surface area contributed by atoms with Crippen LogP contribution in [0, 0.1) is 5.41 Å². The van der Waals surface area contributed by atoms with E-state index in [9.17, 15) is 9.59 Å². The first-order chi connectivity index (χ1) is 12.4. The van der Waals surface area contributed by atoms with Crippen molar-refractivity contribution < 1.29 is 14.7 Å². The van der Waals surface area contributed by atoms with Crippen LogP contribution >= 0.6 is 12.4 Å². The number of nitrogens with one attached hydrogen (secondary N) is 1. The normalized spacial score (nSPS) is 16.1. The van der Waals surface area contributed by atoms with E-state index in [1.54, 1.807) is 17.0 Å². The highest BCUT2D eigenvalue weighted by Gasteiger charge is 2.31. The highest BCUT2D eigenvalue weighted by Crippen LogP contribution is 2.32. The molecule has 0 aliphatic carbocycles. The number of aryl methyl sites for hydroxylation is 1. The molecule has 1 heterocycles. The van der Waals surface area contributed by atoms with Gasteiger partial charge in [-0.2, -0.15) is 0 Å². The minimum atomic E-state index is -0.804. The summed E-state index contributed by atoms with van der Waals surface area (Å²) in [6.07, 6.45) is 1.07. The molecule has 27 heavy (non-hydrogen) atoms. The molecule has 0 aromatic heterocycles. The maximum atomic E-state index is 12.4. The summed E-state index contributed by atoms with van der Waals surface area (Å²) < 4.78 is 0. The standard InChI is InChI=1S/C20H21N3O3.ClH/c21-20(22)15-6-8-17(9-7-15)23-12-16(11-18(23)24)14-4-1-13(2-5-14)3-10-19(25)26;/h1-2,4-9,16H,3,10-12H2,(H3,21,22)(H,25,26);1H. The second kappa shape index (κ2) is 8.68. The number of amides is 1. The number of carboxylic acids is 1. The molecule has 1 saturated heterocycles. The van der Waals surface area contributed by atoms with Gasteiger partial charge in [-0.1, -0.05) is 24.3 Å². The number of nitrogens with two attached hydrogens (primary N) is 1. The molecular formula is C20H22ClN3O3. The maximum absolute atomic E-state index is 12.4. The topological polar surface area (TPSA) is 107 Å². The van der Waals surface area contributed by atoms with E-state index in [4.69, 9.17) is 16.2 Å². The quantitative estimate of drug-likeness (QED) is 0.523. The third kappa shape index (κ3) is 4.86. The smallest absolute Gasteiger partial charge is 0.303 e. The average Bonchev–Trinajstić information content (AvgIpc) is 3.02. The fraction of sp³-hybridized carbons (Fsp3) is 0.250. The molecule has 142 valence electrons. The molecule has 1 aliphatic rings. The zero-order valence-electron chi connectivity index (χ0n) is 14.7. The molecule has 2 aromatic rings. The summed E-state index contributed by atoms with van der Waals surface area (Å²) in [6.45, 7) is 0.604. The Balaban J connectivity index is 0.00000261. The molecule has 0 bridgehead atoms. The molecule has 0 radical (unpaired) electrons. The number of carbonyl (C=O) groups is 2. The first kappa shape index (κ1) is 20.5. The van der Waals surface area contributed by atoms with Gasteiger partial charge >= 0.3 is 5.97 Å². The first-order valence-electron chi connectivity index (χ1n) is 8.49. The Kier molecular flexibility index (Phi) is 6.58. The first-order valence-corrected chi connectivity index (χ1v) is 8.49. The Morgan fingerprint density at radius 1 is 1.15 bits per heavy atom. The fourth-order valence-corrected chi connectivity index (χ4v) is 3.21. The number of nitrogen functional groups attached to an aromatic ring is 1. The van der Waals surface area contributed by atoms with Crippen molar-refractivity contribution in [3.05, 3.63) is 65.2 Å². The SMILES string of the molecule is Cl.N=C(N)c1ccc(N2CC(c3ccc(CCC(=O)O)cc3)CC2=O)cc1. The number of anilines is 1. The minimum absolute atomic E-state index is 0. The van der Waals surface area contributed by atoms with Crippen molar-refractivity contribution in [3.8, 4) is 0 Å². The van der Waals surface area contributed by atoms with Gasteiger partial charge in [-0.05, 0) is 41.8 Å². The molecule has 3 rings (SSSR count). The van der Waals surface area contributed by atoms with Crippen LogP contribution in [0.4, 0.5) is 5.69 Å². The lowest BCUT2D eigenvalue weighted by Gasteiger charge is -2.17. The van der Waals surface area contributed by atoms with E-state index in [2.05, 4.69) is 0 Å². The molecule has 1 fully saturated rings.